The van der Waals surface area contributed by atoms with Crippen molar-refractivity contribution >= 4 is 35.1 Å². The van der Waals surface area contributed by atoms with E-state index in [1.807, 2.05) is 0 Å². The Morgan fingerprint density at radius 3 is 2.50 bits per heavy atom. The van der Waals surface area contributed by atoms with Crippen LogP contribution in [-0.4, -0.2) is 35.5 Å². The highest BCUT2D eigenvalue weighted by molar-refractivity contribution is 6.30. The number of hydrogen-bond acceptors (Lipinski definition) is 3. The first-order valence-corrected chi connectivity index (χ1v) is 7.45. The predicted octanol–water partition coefficient (Wildman–Crippen LogP) is 1.28. The lowest BCUT2D eigenvalue weighted by Gasteiger charge is -2.17. The zero-order valence-electron chi connectivity index (χ0n) is 11.7. The van der Waals surface area contributed by atoms with Crippen molar-refractivity contribution in [3.63, 3.8) is 0 Å². The molecule has 1 heterocycles. The van der Waals surface area contributed by atoms with Gasteiger partial charge in [0.05, 0.1) is 11.8 Å². The summed E-state index contributed by atoms with van der Waals surface area (Å²) in [6, 6.07) is 6.34. The van der Waals surface area contributed by atoms with Crippen LogP contribution < -0.4 is 10.2 Å². The zero-order chi connectivity index (χ0) is 15.9. The highest BCUT2D eigenvalue weighted by Crippen LogP contribution is 2.39. The maximum absolute atomic E-state index is 12.3. The maximum Gasteiger partial charge on any atom is 0.307 e. The maximum atomic E-state index is 12.3. The summed E-state index contributed by atoms with van der Waals surface area (Å²) >= 11 is 5.82. The molecule has 0 radical (unpaired) electrons. The van der Waals surface area contributed by atoms with Gasteiger partial charge in [-0.25, -0.2) is 0 Å². The van der Waals surface area contributed by atoms with Gasteiger partial charge in [0.2, 0.25) is 11.8 Å². The number of nitrogens with zero attached hydrogens (tertiary/aromatic N) is 1. The van der Waals surface area contributed by atoms with Gasteiger partial charge in [0.1, 0.15) is 6.04 Å². The molecule has 0 unspecified atom stereocenters. The smallest absolute Gasteiger partial charge is 0.307 e. The van der Waals surface area contributed by atoms with Gasteiger partial charge in [-0.2, -0.15) is 0 Å². The van der Waals surface area contributed by atoms with E-state index in [1.54, 1.807) is 29.2 Å². The molecule has 6 nitrogen and oxygen atoms in total. The van der Waals surface area contributed by atoms with Gasteiger partial charge in [-0.15, -0.1) is 0 Å². The lowest BCUT2D eigenvalue weighted by Crippen LogP contribution is -2.42. The van der Waals surface area contributed by atoms with E-state index in [0.717, 1.165) is 5.69 Å². The van der Waals surface area contributed by atoms with E-state index >= 15 is 0 Å². The molecule has 2 aliphatic rings. The Bertz CT molecular complexity index is 631. The van der Waals surface area contributed by atoms with Gasteiger partial charge < -0.3 is 15.3 Å². The van der Waals surface area contributed by atoms with Gasteiger partial charge in [0.15, 0.2) is 0 Å². The third-order valence-corrected chi connectivity index (χ3v) is 4.36. The lowest BCUT2D eigenvalue weighted by atomic mass is 10.2. The van der Waals surface area contributed by atoms with Gasteiger partial charge in [-0.1, -0.05) is 11.6 Å². The second-order valence-corrected chi connectivity index (χ2v) is 6.04. The monoisotopic (exact) mass is 322 g/mol. The number of nitrogens with one attached hydrogen (secondary N) is 1. The third kappa shape index (κ3) is 2.78. The molecule has 3 atom stereocenters. The summed E-state index contributed by atoms with van der Waals surface area (Å²) in [4.78, 5) is 36.7. The number of anilines is 1. The van der Waals surface area contributed by atoms with Crippen LogP contribution in [-0.2, 0) is 14.4 Å². The molecule has 1 saturated carbocycles. The van der Waals surface area contributed by atoms with Crippen LogP contribution in [0, 0.1) is 11.8 Å². The van der Waals surface area contributed by atoms with E-state index in [4.69, 9.17) is 16.7 Å². The number of halogens is 1. The number of hydrogen-bond donors (Lipinski definition) is 2. The molecule has 1 aromatic rings. The number of carbonyl (C=O) groups is 3. The Kier molecular flexibility index (Phi) is 3.78. The van der Waals surface area contributed by atoms with Crippen LogP contribution in [0.1, 0.15) is 12.8 Å². The average Bonchev–Trinajstić information content (AvgIpc) is 3.22. The van der Waals surface area contributed by atoms with E-state index in [0.29, 0.717) is 24.4 Å². The van der Waals surface area contributed by atoms with Crippen LogP contribution in [0.5, 0.6) is 0 Å². The van der Waals surface area contributed by atoms with Crippen molar-refractivity contribution in [2.45, 2.75) is 18.9 Å². The lowest BCUT2D eigenvalue weighted by molar-refractivity contribution is -0.140. The SMILES string of the molecule is O=C(N[C@H]1CCN(c2ccc(Cl)cc2)C1=O)[C@H]1C[C@H]1C(=O)O. The van der Waals surface area contributed by atoms with Gasteiger partial charge >= 0.3 is 5.97 Å². The minimum absolute atomic E-state index is 0.178. The van der Waals surface area contributed by atoms with E-state index in [9.17, 15) is 14.4 Å². The van der Waals surface area contributed by atoms with E-state index in [2.05, 4.69) is 5.32 Å². The number of carboxylic acids is 1. The van der Waals surface area contributed by atoms with Crippen LogP contribution in [0.25, 0.3) is 0 Å². The summed E-state index contributed by atoms with van der Waals surface area (Å²) in [6.07, 6.45) is 0.862. The molecule has 0 bridgehead atoms. The van der Waals surface area contributed by atoms with Crippen molar-refractivity contribution in [1.29, 1.82) is 0 Å². The molecule has 2 N–H and O–H groups in total. The summed E-state index contributed by atoms with van der Waals surface area (Å²) in [5.74, 6) is -2.59. The molecule has 2 amide bonds. The predicted molar refractivity (Wildman–Crippen MR) is 79.6 cm³/mol. The molecule has 1 aliphatic heterocycles. The molecule has 1 saturated heterocycles. The number of rotatable bonds is 4. The minimum atomic E-state index is -0.958. The number of carboxylic acid groups (broad SMARTS) is 1. The number of benzene rings is 1. The van der Waals surface area contributed by atoms with Crippen LogP contribution in [0.4, 0.5) is 5.69 Å². The Hall–Kier alpha value is -2.08. The second-order valence-electron chi connectivity index (χ2n) is 5.60. The summed E-state index contributed by atoms with van der Waals surface area (Å²) in [5, 5.41) is 12.1. The largest absolute Gasteiger partial charge is 0.481 e. The molecule has 7 heteroatoms. The summed E-state index contributed by atoms with van der Waals surface area (Å²) in [7, 11) is 0. The fourth-order valence-corrected chi connectivity index (χ4v) is 2.85. The molecule has 0 aromatic heterocycles. The van der Waals surface area contributed by atoms with E-state index < -0.39 is 23.8 Å². The average molecular weight is 323 g/mol. The fourth-order valence-electron chi connectivity index (χ4n) is 2.73. The fraction of sp³-hybridized carbons (Fsp3) is 0.400. The van der Waals surface area contributed by atoms with Gasteiger partial charge in [0, 0.05) is 17.3 Å². The van der Waals surface area contributed by atoms with Crippen molar-refractivity contribution in [2.75, 3.05) is 11.4 Å². The molecular formula is C15H15ClN2O4. The molecular weight excluding hydrogens is 308 g/mol. The number of aliphatic carboxylic acids is 1. The van der Waals surface area contributed by atoms with Crippen molar-refractivity contribution < 1.29 is 19.5 Å². The second kappa shape index (κ2) is 5.61. The van der Waals surface area contributed by atoms with Gasteiger partial charge in [-0.3, -0.25) is 14.4 Å². The summed E-state index contributed by atoms with van der Waals surface area (Å²) in [5.41, 5.74) is 0.737. The van der Waals surface area contributed by atoms with E-state index in [-0.39, 0.29) is 11.8 Å². The number of carbonyl (C=O) groups excluding carboxylic acids is 2. The van der Waals surface area contributed by atoms with Crippen molar-refractivity contribution in [3.05, 3.63) is 29.3 Å². The van der Waals surface area contributed by atoms with Gasteiger partial charge in [0.25, 0.3) is 0 Å². The Morgan fingerprint density at radius 2 is 1.91 bits per heavy atom. The van der Waals surface area contributed by atoms with Crippen molar-refractivity contribution in [1.82, 2.24) is 5.32 Å². The highest BCUT2D eigenvalue weighted by atomic mass is 35.5. The topological polar surface area (TPSA) is 86.7 Å². The van der Waals surface area contributed by atoms with E-state index in [1.165, 1.54) is 0 Å². The summed E-state index contributed by atoms with van der Waals surface area (Å²) < 4.78 is 0. The quantitative estimate of drug-likeness (QED) is 0.874. The Balaban J connectivity index is 1.61. The van der Waals surface area contributed by atoms with Crippen molar-refractivity contribution in [2.24, 2.45) is 11.8 Å². The highest BCUT2D eigenvalue weighted by Gasteiger charge is 2.49. The first-order valence-electron chi connectivity index (χ1n) is 7.07. The molecule has 22 heavy (non-hydrogen) atoms. The number of amides is 2. The van der Waals surface area contributed by atoms with Gasteiger partial charge in [-0.05, 0) is 37.1 Å². The van der Waals surface area contributed by atoms with Crippen LogP contribution in [0.15, 0.2) is 24.3 Å². The molecule has 1 aliphatic carbocycles. The summed E-state index contributed by atoms with van der Waals surface area (Å²) in [6.45, 7) is 0.512. The normalized spacial score (nSPS) is 26.9. The molecule has 0 spiro atoms. The van der Waals surface area contributed by atoms with Crippen molar-refractivity contribution in [3.8, 4) is 0 Å². The van der Waals surface area contributed by atoms with Crippen LogP contribution >= 0.6 is 11.6 Å². The Morgan fingerprint density at radius 1 is 1.23 bits per heavy atom. The first-order chi connectivity index (χ1) is 10.5. The molecule has 116 valence electrons. The van der Waals surface area contributed by atoms with Crippen LogP contribution in [0.3, 0.4) is 0 Å². The molecule has 1 aromatic carbocycles. The van der Waals surface area contributed by atoms with Crippen LogP contribution in [0.2, 0.25) is 5.02 Å². The molecule has 3 rings (SSSR count). The minimum Gasteiger partial charge on any atom is -0.481 e. The molecule has 2 fully saturated rings. The Labute approximate surface area is 132 Å². The third-order valence-electron chi connectivity index (χ3n) is 4.10. The zero-order valence-corrected chi connectivity index (χ0v) is 12.4. The standard InChI is InChI=1S/C15H15ClN2O4/c16-8-1-3-9(4-2-8)18-6-5-12(14(18)20)17-13(19)10-7-11(10)15(21)22/h1-4,10-12H,5-7H2,(H,17,19)(H,21,22)/t10-,11+,12-/m0/s1. The first kappa shape index (κ1) is 14.8.